The number of imidazole rings is 1. The van der Waals surface area contributed by atoms with Gasteiger partial charge in [0.1, 0.15) is 0 Å². The molecule has 1 fully saturated rings. The molecule has 1 aliphatic rings. The van der Waals surface area contributed by atoms with Crippen molar-refractivity contribution in [3.05, 3.63) is 34.2 Å². The summed E-state index contributed by atoms with van der Waals surface area (Å²) in [6.45, 7) is 1.80. The van der Waals surface area contributed by atoms with E-state index < -0.39 is 17.4 Å². The van der Waals surface area contributed by atoms with Crippen molar-refractivity contribution in [1.29, 1.82) is 0 Å². The number of hydrogen-bond donors (Lipinski definition) is 3. The van der Waals surface area contributed by atoms with E-state index in [9.17, 15) is 19.5 Å². The number of rotatable bonds is 3. The molecule has 0 spiro atoms. The van der Waals surface area contributed by atoms with Crippen LogP contribution in [0.1, 0.15) is 43.0 Å². The average molecular weight is 331 g/mol. The van der Waals surface area contributed by atoms with E-state index >= 15 is 0 Å². The number of carboxylic acid groups (broad SMARTS) is 1. The van der Waals surface area contributed by atoms with Crippen LogP contribution in [0.5, 0.6) is 0 Å². The van der Waals surface area contributed by atoms with Gasteiger partial charge in [0.25, 0.3) is 5.91 Å². The lowest BCUT2D eigenvalue weighted by atomic mass is 9.73. The third-order valence-corrected chi connectivity index (χ3v) is 5.07. The van der Waals surface area contributed by atoms with Crippen molar-refractivity contribution >= 4 is 22.9 Å². The molecule has 2 aromatic rings. The number of amides is 1. The zero-order valence-electron chi connectivity index (χ0n) is 13.8. The zero-order chi connectivity index (χ0) is 17.5. The highest BCUT2D eigenvalue weighted by Gasteiger charge is 2.42. The number of carboxylic acids is 1. The maximum atomic E-state index is 12.6. The zero-order valence-corrected chi connectivity index (χ0v) is 13.8. The molecule has 0 radical (unpaired) electrons. The lowest BCUT2D eigenvalue weighted by molar-refractivity contribution is -0.145. The van der Waals surface area contributed by atoms with Gasteiger partial charge in [-0.2, -0.15) is 0 Å². The molecule has 3 rings (SSSR count). The van der Waals surface area contributed by atoms with Crippen LogP contribution in [0.2, 0.25) is 0 Å². The first-order valence-electron chi connectivity index (χ1n) is 8.06. The fourth-order valence-electron chi connectivity index (χ4n) is 3.58. The van der Waals surface area contributed by atoms with Crippen molar-refractivity contribution in [3.63, 3.8) is 0 Å². The van der Waals surface area contributed by atoms with Crippen molar-refractivity contribution in [2.24, 2.45) is 13.0 Å². The Morgan fingerprint density at radius 3 is 2.83 bits per heavy atom. The first-order chi connectivity index (χ1) is 11.3. The fraction of sp³-hybridized carbons (Fsp3) is 0.471. The van der Waals surface area contributed by atoms with Crippen LogP contribution >= 0.6 is 0 Å². The van der Waals surface area contributed by atoms with Crippen LogP contribution in [0.15, 0.2) is 23.0 Å². The van der Waals surface area contributed by atoms with E-state index in [-0.39, 0.29) is 11.6 Å². The molecule has 1 aliphatic carbocycles. The molecule has 1 aromatic carbocycles. The number of aromatic amines is 1. The third kappa shape index (κ3) is 2.70. The van der Waals surface area contributed by atoms with Gasteiger partial charge in [0.05, 0.1) is 22.5 Å². The summed E-state index contributed by atoms with van der Waals surface area (Å²) in [5.74, 6) is -1.78. The Kier molecular flexibility index (Phi) is 3.95. The van der Waals surface area contributed by atoms with E-state index in [0.717, 1.165) is 12.8 Å². The minimum atomic E-state index is -0.874. The van der Waals surface area contributed by atoms with Crippen LogP contribution in [0, 0.1) is 5.92 Å². The minimum Gasteiger partial charge on any atom is -0.481 e. The number of aryl methyl sites for hydroxylation is 1. The smallest absolute Gasteiger partial charge is 0.326 e. The molecular formula is C17H21N3O4. The van der Waals surface area contributed by atoms with Crippen molar-refractivity contribution < 1.29 is 14.7 Å². The summed E-state index contributed by atoms with van der Waals surface area (Å²) in [7, 11) is 1.63. The van der Waals surface area contributed by atoms with Gasteiger partial charge in [-0.05, 0) is 38.0 Å². The number of nitrogens with zero attached hydrogens (tertiary/aromatic N) is 1. The van der Waals surface area contributed by atoms with Crippen LogP contribution < -0.4 is 11.0 Å². The molecule has 3 N–H and O–H groups in total. The lowest BCUT2D eigenvalue weighted by Gasteiger charge is -2.39. The van der Waals surface area contributed by atoms with E-state index in [0.29, 0.717) is 29.4 Å². The molecule has 1 amide bonds. The number of aromatic nitrogens is 2. The Morgan fingerprint density at radius 1 is 1.38 bits per heavy atom. The van der Waals surface area contributed by atoms with Gasteiger partial charge in [0.2, 0.25) is 0 Å². The van der Waals surface area contributed by atoms with Gasteiger partial charge >= 0.3 is 11.7 Å². The molecule has 2 unspecified atom stereocenters. The molecule has 1 saturated carbocycles. The van der Waals surface area contributed by atoms with Gasteiger partial charge in [0, 0.05) is 12.6 Å². The fourth-order valence-corrected chi connectivity index (χ4v) is 3.58. The summed E-state index contributed by atoms with van der Waals surface area (Å²) in [5.41, 5.74) is 0.698. The van der Waals surface area contributed by atoms with E-state index in [1.165, 1.54) is 4.57 Å². The topological polar surface area (TPSA) is 104 Å². The standard InChI is InChI=1S/C17H21N3O4/c1-17(8-4-3-5-11(17)15(22)23)19-14(21)10-6-7-12-13(9-10)20(2)16(24)18-12/h6-7,9,11H,3-5,8H2,1-2H3,(H,18,24)(H,19,21)(H,22,23). The Bertz CT molecular complexity index is 866. The number of fused-ring (bicyclic) bond motifs is 1. The number of aliphatic carboxylic acids is 1. The summed E-state index contributed by atoms with van der Waals surface area (Å²) in [4.78, 5) is 38.5. The molecule has 1 aromatic heterocycles. The van der Waals surface area contributed by atoms with Gasteiger partial charge < -0.3 is 15.4 Å². The normalized spacial score (nSPS) is 24.0. The Balaban J connectivity index is 1.90. The second-order valence-electron chi connectivity index (χ2n) is 6.73. The summed E-state index contributed by atoms with van der Waals surface area (Å²) in [6.07, 6.45) is 2.96. The maximum absolute atomic E-state index is 12.6. The van der Waals surface area contributed by atoms with E-state index in [1.54, 1.807) is 32.2 Å². The van der Waals surface area contributed by atoms with Crippen LogP contribution in [0.25, 0.3) is 11.0 Å². The summed E-state index contributed by atoms with van der Waals surface area (Å²) in [6, 6.07) is 4.96. The van der Waals surface area contributed by atoms with Gasteiger partial charge in [-0.3, -0.25) is 14.2 Å². The number of carbonyl (C=O) groups excluding carboxylic acids is 1. The highest BCUT2D eigenvalue weighted by molar-refractivity contribution is 5.98. The summed E-state index contributed by atoms with van der Waals surface area (Å²) in [5, 5.41) is 12.4. The van der Waals surface area contributed by atoms with Crippen LogP contribution in [0.4, 0.5) is 0 Å². The van der Waals surface area contributed by atoms with Gasteiger partial charge in [-0.25, -0.2) is 4.79 Å². The van der Waals surface area contributed by atoms with Crippen LogP contribution in [-0.2, 0) is 11.8 Å². The Hall–Kier alpha value is -2.57. The van der Waals surface area contributed by atoms with E-state index in [2.05, 4.69) is 10.3 Å². The largest absolute Gasteiger partial charge is 0.481 e. The first-order valence-corrected chi connectivity index (χ1v) is 8.06. The molecule has 7 nitrogen and oxygen atoms in total. The quantitative estimate of drug-likeness (QED) is 0.795. The molecule has 2 atom stereocenters. The third-order valence-electron chi connectivity index (χ3n) is 5.07. The molecule has 128 valence electrons. The summed E-state index contributed by atoms with van der Waals surface area (Å²) < 4.78 is 1.44. The summed E-state index contributed by atoms with van der Waals surface area (Å²) >= 11 is 0. The second-order valence-corrected chi connectivity index (χ2v) is 6.73. The molecule has 1 heterocycles. The van der Waals surface area contributed by atoms with Gasteiger partial charge in [-0.1, -0.05) is 12.8 Å². The van der Waals surface area contributed by atoms with Gasteiger partial charge in [-0.15, -0.1) is 0 Å². The maximum Gasteiger partial charge on any atom is 0.326 e. The number of nitrogens with one attached hydrogen (secondary N) is 2. The molecule has 7 heteroatoms. The highest BCUT2D eigenvalue weighted by Crippen LogP contribution is 2.34. The number of hydrogen-bond acceptors (Lipinski definition) is 3. The lowest BCUT2D eigenvalue weighted by Crippen LogP contribution is -2.55. The molecular weight excluding hydrogens is 310 g/mol. The van der Waals surface area contributed by atoms with Crippen molar-refractivity contribution in [1.82, 2.24) is 14.9 Å². The molecule has 0 saturated heterocycles. The van der Waals surface area contributed by atoms with E-state index in [4.69, 9.17) is 0 Å². The SMILES string of the molecule is Cn1c(=O)[nH]c2ccc(C(=O)NC3(C)CCCCC3C(=O)O)cc21. The van der Waals surface area contributed by atoms with Crippen molar-refractivity contribution in [2.75, 3.05) is 0 Å². The number of carbonyl (C=O) groups is 2. The van der Waals surface area contributed by atoms with Crippen molar-refractivity contribution in [2.45, 2.75) is 38.1 Å². The monoisotopic (exact) mass is 331 g/mol. The Labute approximate surface area is 138 Å². The predicted octanol–water partition coefficient (Wildman–Crippen LogP) is 1.63. The first kappa shape index (κ1) is 16.3. The molecule has 0 bridgehead atoms. The van der Waals surface area contributed by atoms with Crippen LogP contribution in [0.3, 0.4) is 0 Å². The van der Waals surface area contributed by atoms with Gasteiger partial charge in [0.15, 0.2) is 0 Å². The minimum absolute atomic E-state index is 0.243. The molecule has 24 heavy (non-hydrogen) atoms. The highest BCUT2D eigenvalue weighted by atomic mass is 16.4. The number of benzene rings is 1. The average Bonchev–Trinajstić information content (AvgIpc) is 2.81. The number of H-pyrrole nitrogens is 1. The van der Waals surface area contributed by atoms with Crippen LogP contribution in [-0.4, -0.2) is 32.1 Å². The van der Waals surface area contributed by atoms with Crippen molar-refractivity contribution in [3.8, 4) is 0 Å². The predicted molar refractivity (Wildman–Crippen MR) is 89.0 cm³/mol. The second kappa shape index (κ2) is 5.81. The van der Waals surface area contributed by atoms with E-state index in [1.807, 2.05) is 0 Å². The molecule has 0 aliphatic heterocycles. The Morgan fingerprint density at radius 2 is 2.12 bits per heavy atom.